The van der Waals surface area contributed by atoms with Gasteiger partial charge >= 0.3 is 0 Å². The van der Waals surface area contributed by atoms with Crippen LogP contribution in [0.5, 0.6) is 28.7 Å². The molecule has 4 aliphatic rings. The van der Waals surface area contributed by atoms with E-state index in [1.165, 1.54) is 11.3 Å². The third kappa shape index (κ3) is 8.77. The molecule has 5 aromatic rings. The maximum Gasteiger partial charge on any atom is 0.262 e. The lowest BCUT2D eigenvalue weighted by molar-refractivity contribution is -0.136. The topological polar surface area (TPSA) is 155 Å². The lowest BCUT2D eigenvalue weighted by Crippen LogP contribution is -2.54. The van der Waals surface area contributed by atoms with Crippen LogP contribution in [0.1, 0.15) is 40.0 Å². The van der Waals surface area contributed by atoms with Crippen molar-refractivity contribution < 1.29 is 38.9 Å². The van der Waals surface area contributed by atoms with Gasteiger partial charge in [0.15, 0.2) is 5.75 Å². The molecule has 15 heteroatoms. The molecule has 1 unspecified atom stereocenters. The second kappa shape index (κ2) is 17.5. The van der Waals surface area contributed by atoms with Crippen LogP contribution < -0.4 is 19.7 Å². The van der Waals surface area contributed by atoms with E-state index in [-0.39, 0.29) is 30.2 Å². The zero-order valence-corrected chi connectivity index (χ0v) is 34.6. The van der Waals surface area contributed by atoms with Gasteiger partial charge in [-0.2, -0.15) is 0 Å². The highest BCUT2D eigenvalue weighted by Gasteiger charge is 2.44. The monoisotopic (exact) mass is 844 g/mol. The summed E-state index contributed by atoms with van der Waals surface area (Å²) in [6, 6.07) is 24.3. The fraction of sp³-hybridized carbons (Fsp3) is 0.348. The first kappa shape index (κ1) is 40.4. The van der Waals surface area contributed by atoms with Crippen LogP contribution in [0.15, 0.2) is 84.9 Å². The number of benzene rings is 4. The van der Waals surface area contributed by atoms with Gasteiger partial charge in [-0.15, -0.1) is 11.3 Å². The van der Waals surface area contributed by atoms with Crippen molar-refractivity contribution in [3.8, 4) is 39.2 Å². The number of hydrogen-bond acceptors (Lipinski definition) is 13. The third-order valence-electron chi connectivity index (χ3n) is 12.1. The van der Waals surface area contributed by atoms with Crippen molar-refractivity contribution in [1.82, 2.24) is 24.9 Å². The second-order valence-corrected chi connectivity index (χ2v) is 17.0. The molecule has 3 N–H and O–H groups in total. The SMILES string of the molecule is O=C1CCC(N2C(=O)c3ccc(N4CCN(CCCN5CCN(CCOc6ccc(Oc7c(-c8ccc(O)cc8)sc8cc(O)ccc78)cc6)CC5)CC4)cc3C2=O)C(=O)N1. The van der Waals surface area contributed by atoms with Crippen LogP contribution in [0.25, 0.3) is 20.5 Å². The standard InChI is InChI=1S/C46H48N6O8S/c53-32-5-2-30(3-6-32)43-42(37-13-7-33(54)29-40(37)61-43)60-35-10-8-34(9-11-35)59-27-26-50-20-18-48(19-21-50)16-1-17-49-22-24-51(25-23-49)31-4-12-36-38(28-31)46(58)52(45(36)57)39-14-15-41(55)47-44(39)56/h2-13,28-29,39,53-54H,1,14-27H2,(H,47,55,56). The molecule has 4 aliphatic heterocycles. The highest BCUT2D eigenvalue weighted by molar-refractivity contribution is 7.22. The van der Waals surface area contributed by atoms with Gasteiger partial charge in [-0.25, -0.2) is 0 Å². The Morgan fingerprint density at radius 1 is 0.672 bits per heavy atom. The Morgan fingerprint density at radius 3 is 2.02 bits per heavy atom. The molecule has 3 saturated heterocycles. The maximum absolute atomic E-state index is 13.3. The summed E-state index contributed by atoms with van der Waals surface area (Å²) in [7, 11) is 0. The van der Waals surface area contributed by atoms with E-state index in [1.54, 1.807) is 36.4 Å². The van der Waals surface area contributed by atoms with Crippen molar-refractivity contribution in [3.05, 3.63) is 96.1 Å². The Balaban J connectivity index is 0.679. The van der Waals surface area contributed by atoms with E-state index in [4.69, 9.17) is 9.47 Å². The molecular weight excluding hydrogens is 797 g/mol. The number of carbonyl (C=O) groups is 4. The van der Waals surface area contributed by atoms with E-state index < -0.39 is 23.8 Å². The largest absolute Gasteiger partial charge is 0.508 e. The van der Waals surface area contributed by atoms with Crippen molar-refractivity contribution in [1.29, 1.82) is 0 Å². The minimum Gasteiger partial charge on any atom is -0.508 e. The number of ether oxygens (including phenoxy) is 2. The van der Waals surface area contributed by atoms with Gasteiger partial charge in [0.2, 0.25) is 11.8 Å². The number of imide groups is 2. The molecule has 0 bridgehead atoms. The van der Waals surface area contributed by atoms with Crippen LogP contribution in [-0.2, 0) is 9.59 Å². The van der Waals surface area contributed by atoms with Crippen molar-refractivity contribution >= 4 is 50.7 Å². The lowest BCUT2D eigenvalue weighted by atomic mass is 10.0. The van der Waals surface area contributed by atoms with Gasteiger partial charge in [0, 0.05) is 81.1 Å². The van der Waals surface area contributed by atoms with Crippen molar-refractivity contribution in [2.45, 2.75) is 25.3 Å². The second-order valence-electron chi connectivity index (χ2n) is 16.0. The molecule has 4 aromatic carbocycles. The first-order valence-electron chi connectivity index (χ1n) is 20.9. The van der Waals surface area contributed by atoms with Crippen LogP contribution in [0.2, 0.25) is 0 Å². The van der Waals surface area contributed by atoms with E-state index >= 15 is 0 Å². The number of amides is 4. The predicted octanol–water partition coefficient (Wildman–Crippen LogP) is 5.38. The highest BCUT2D eigenvalue weighted by atomic mass is 32.1. The van der Waals surface area contributed by atoms with E-state index in [9.17, 15) is 29.4 Å². The number of anilines is 1. The summed E-state index contributed by atoms with van der Waals surface area (Å²) in [5, 5.41) is 23.0. The van der Waals surface area contributed by atoms with Gasteiger partial charge in [-0.3, -0.25) is 39.2 Å². The van der Waals surface area contributed by atoms with E-state index in [0.29, 0.717) is 29.2 Å². The van der Waals surface area contributed by atoms with E-state index in [1.807, 2.05) is 48.5 Å². The molecule has 0 saturated carbocycles. The number of piperazine rings is 2. The molecular formula is C46H48N6O8S. The van der Waals surface area contributed by atoms with Crippen molar-refractivity contribution in [2.24, 2.45) is 0 Å². The van der Waals surface area contributed by atoms with Crippen LogP contribution >= 0.6 is 11.3 Å². The first-order valence-corrected chi connectivity index (χ1v) is 21.7. The van der Waals surface area contributed by atoms with Crippen LogP contribution in [0.3, 0.4) is 0 Å². The molecule has 61 heavy (non-hydrogen) atoms. The van der Waals surface area contributed by atoms with Crippen molar-refractivity contribution in [3.63, 3.8) is 0 Å². The number of phenolic OH excluding ortho intramolecular Hbond substituents is 2. The minimum absolute atomic E-state index is 0.0969. The number of fused-ring (bicyclic) bond motifs is 2. The zero-order valence-electron chi connectivity index (χ0n) is 33.8. The predicted molar refractivity (Wildman–Crippen MR) is 232 cm³/mol. The van der Waals surface area contributed by atoms with Gasteiger partial charge < -0.3 is 29.5 Å². The zero-order chi connectivity index (χ0) is 42.0. The number of aromatic hydroxyl groups is 2. The maximum atomic E-state index is 13.3. The number of nitrogens with zero attached hydrogens (tertiary/aromatic N) is 5. The number of thiophene rings is 1. The first-order chi connectivity index (χ1) is 29.7. The van der Waals surface area contributed by atoms with Gasteiger partial charge in [-0.1, -0.05) is 0 Å². The smallest absolute Gasteiger partial charge is 0.262 e. The molecule has 316 valence electrons. The summed E-state index contributed by atoms with van der Waals surface area (Å²) < 4.78 is 13.5. The van der Waals surface area contributed by atoms with Gasteiger partial charge in [0.05, 0.1) is 16.0 Å². The number of nitrogens with one attached hydrogen (secondary N) is 1. The molecule has 0 spiro atoms. The number of rotatable bonds is 13. The lowest BCUT2D eigenvalue weighted by Gasteiger charge is -2.37. The Kier molecular flexibility index (Phi) is 11.6. The van der Waals surface area contributed by atoms with E-state index in [0.717, 1.165) is 115 Å². The molecule has 3 fully saturated rings. The number of piperidine rings is 1. The Labute approximate surface area is 357 Å². The van der Waals surface area contributed by atoms with Gasteiger partial charge in [0.1, 0.15) is 35.6 Å². The summed E-state index contributed by atoms with van der Waals surface area (Å²) in [5.41, 5.74) is 2.43. The molecule has 4 amide bonds. The molecule has 0 aliphatic carbocycles. The Hall–Kier alpha value is -6.00. The summed E-state index contributed by atoms with van der Waals surface area (Å²) in [4.78, 5) is 62.1. The molecule has 0 radical (unpaired) electrons. The van der Waals surface area contributed by atoms with Crippen LogP contribution in [0, 0.1) is 0 Å². The summed E-state index contributed by atoms with van der Waals surface area (Å²) >= 11 is 1.53. The normalized spacial score (nSPS) is 19.1. The highest BCUT2D eigenvalue weighted by Crippen LogP contribution is 2.47. The van der Waals surface area contributed by atoms with E-state index in [2.05, 4.69) is 24.9 Å². The number of phenols is 2. The molecule has 1 atom stereocenters. The van der Waals surface area contributed by atoms with Gasteiger partial charge in [0.25, 0.3) is 11.8 Å². The molecule has 14 nitrogen and oxygen atoms in total. The fourth-order valence-electron chi connectivity index (χ4n) is 8.62. The van der Waals surface area contributed by atoms with Crippen LogP contribution in [0.4, 0.5) is 5.69 Å². The van der Waals surface area contributed by atoms with Crippen molar-refractivity contribution in [2.75, 3.05) is 83.5 Å². The average molecular weight is 845 g/mol. The summed E-state index contributed by atoms with van der Waals surface area (Å²) in [6.07, 6.45) is 1.33. The quantitative estimate of drug-likeness (QED) is 0.130. The molecule has 9 rings (SSSR count). The fourth-order valence-corrected chi connectivity index (χ4v) is 9.79. The van der Waals surface area contributed by atoms with Crippen LogP contribution in [-0.4, -0.2) is 138 Å². The minimum atomic E-state index is -0.965. The van der Waals surface area contributed by atoms with Gasteiger partial charge in [-0.05, 0) is 116 Å². The number of hydrogen-bond donors (Lipinski definition) is 3. The molecule has 5 heterocycles. The molecule has 1 aromatic heterocycles. The number of carbonyl (C=O) groups excluding carboxylic acids is 4. The Morgan fingerprint density at radius 2 is 1.31 bits per heavy atom. The Bertz CT molecular complexity index is 2440. The average Bonchev–Trinajstić information content (AvgIpc) is 3.74. The third-order valence-corrected chi connectivity index (χ3v) is 13.2. The summed E-state index contributed by atoms with van der Waals surface area (Å²) in [6.45, 7) is 11.1. The summed E-state index contributed by atoms with van der Waals surface area (Å²) in [5.74, 6) is 0.600.